The minimum absolute atomic E-state index is 0.200. The van der Waals surface area contributed by atoms with Crippen molar-refractivity contribution in [2.45, 2.75) is 38.3 Å². The lowest BCUT2D eigenvalue weighted by atomic mass is 10.0. The molecule has 0 aliphatic carbocycles. The van der Waals surface area contributed by atoms with E-state index < -0.39 is 0 Å². The number of nitrogens with one attached hydrogen (secondary N) is 1. The Balaban J connectivity index is 1.88. The first-order valence-corrected chi connectivity index (χ1v) is 9.13. The van der Waals surface area contributed by atoms with Gasteiger partial charge in [-0.2, -0.15) is 0 Å². The number of benzene rings is 1. The van der Waals surface area contributed by atoms with E-state index in [2.05, 4.69) is 23.2 Å². The van der Waals surface area contributed by atoms with Crippen LogP contribution in [0.4, 0.5) is 0 Å². The van der Waals surface area contributed by atoms with E-state index in [0.717, 1.165) is 63.3 Å². The average molecular weight is 331 g/mol. The van der Waals surface area contributed by atoms with E-state index in [0.29, 0.717) is 6.04 Å². The van der Waals surface area contributed by atoms with Gasteiger partial charge >= 0.3 is 0 Å². The van der Waals surface area contributed by atoms with E-state index in [4.69, 9.17) is 4.74 Å². The lowest BCUT2D eigenvalue weighted by molar-refractivity contribution is -0.136. The molecule has 2 aliphatic rings. The van der Waals surface area contributed by atoms with E-state index >= 15 is 0 Å². The number of likely N-dealkylation sites (tertiary alicyclic amines) is 1. The fraction of sp³-hybridized carbons (Fsp3) is 0.632. The highest BCUT2D eigenvalue weighted by Crippen LogP contribution is 2.29. The highest BCUT2D eigenvalue weighted by molar-refractivity contribution is 5.83. The van der Waals surface area contributed by atoms with E-state index in [1.165, 1.54) is 0 Å². The maximum Gasteiger partial charge on any atom is 0.244 e. The SMILES string of the molecule is CCC1CN(C(C(=O)N2CCCC2)c2cccc(OC)c2)CCN1. The number of carbonyl (C=O) groups excluding carboxylic acids is 1. The van der Waals surface area contributed by atoms with Gasteiger partial charge in [-0.3, -0.25) is 9.69 Å². The van der Waals surface area contributed by atoms with E-state index in [1.807, 2.05) is 23.1 Å². The fourth-order valence-electron chi connectivity index (χ4n) is 3.79. The van der Waals surface area contributed by atoms with E-state index in [9.17, 15) is 4.79 Å². The molecule has 132 valence electrons. The molecule has 2 atom stereocenters. The normalized spacial score (nSPS) is 23.2. The molecule has 0 spiro atoms. The van der Waals surface area contributed by atoms with Crippen LogP contribution in [0.5, 0.6) is 5.75 Å². The van der Waals surface area contributed by atoms with Crippen molar-refractivity contribution < 1.29 is 9.53 Å². The van der Waals surface area contributed by atoms with Crippen molar-refractivity contribution in [3.8, 4) is 5.75 Å². The molecule has 1 aromatic rings. The number of amides is 1. The van der Waals surface area contributed by atoms with Gasteiger partial charge < -0.3 is 15.0 Å². The first-order valence-electron chi connectivity index (χ1n) is 9.13. The van der Waals surface area contributed by atoms with Crippen LogP contribution in [0.3, 0.4) is 0 Å². The second kappa shape index (κ2) is 7.99. The molecular formula is C19H29N3O2. The molecule has 0 aromatic heterocycles. The average Bonchev–Trinajstić information content (AvgIpc) is 3.17. The van der Waals surface area contributed by atoms with E-state index in [1.54, 1.807) is 7.11 Å². The van der Waals surface area contributed by atoms with Gasteiger partial charge in [-0.05, 0) is 37.0 Å². The second-order valence-electron chi connectivity index (χ2n) is 6.77. The van der Waals surface area contributed by atoms with Crippen molar-refractivity contribution in [1.82, 2.24) is 15.1 Å². The van der Waals surface area contributed by atoms with Gasteiger partial charge in [-0.15, -0.1) is 0 Å². The smallest absolute Gasteiger partial charge is 0.244 e. The van der Waals surface area contributed by atoms with Gasteiger partial charge in [0.25, 0.3) is 0 Å². The van der Waals surface area contributed by atoms with Crippen molar-refractivity contribution in [2.75, 3.05) is 39.8 Å². The summed E-state index contributed by atoms with van der Waals surface area (Å²) in [6, 6.07) is 8.25. The largest absolute Gasteiger partial charge is 0.497 e. The molecule has 0 saturated carbocycles. The first kappa shape index (κ1) is 17.2. The van der Waals surface area contributed by atoms with Gasteiger partial charge in [0.1, 0.15) is 11.8 Å². The molecular weight excluding hydrogens is 302 g/mol. The van der Waals surface area contributed by atoms with Gasteiger partial charge in [0.2, 0.25) is 5.91 Å². The van der Waals surface area contributed by atoms with Gasteiger partial charge in [0.15, 0.2) is 0 Å². The molecule has 1 aromatic carbocycles. The lowest BCUT2D eigenvalue weighted by Crippen LogP contribution is -2.54. The topological polar surface area (TPSA) is 44.8 Å². The van der Waals surface area contributed by atoms with Crippen molar-refractivity contribution in [1.29, 1.82) is 0 Å². The Bertz CT molecular complexity index is 557. The van der Waals surface area contributed by atoms with Crippen molar-refractivity contribution in [2.24, 2.45) is 0 Å². The highest BCUT2D eigenvalue weighted by atomic mass is 16.5. The fourth-order valence-corrected chi connectivity index (χ4v) is 3.79. The molecule has 2 saturated heterocycles. The zero-order valence-electron chi connectivity index (χ0n) is 14.8. The van der Waals surface area contributed by atoms with Crippen molar-refractivity contribution in [3.63, 3.8) is 0 Å². The third kappa shape index (κ3) is 3.73. The summed E-state index contributed by atoms with van der Waals surface area (Å²) in [7, 11) is 1.67. The Hall–Kier alpha value is -1.59. The molecule has 5 heteroatoms. The number of methoxy groups -OCH3 is 1. The third-order valence-corrected chi connectivity index (χ3v) is 5.21. The number of nitrogens with zero attached hydrogens (tertiary/aromatic N) is 2. The number of hydrogen-bond acceptors (Lipinski definition) is 4. The number of ether oxygens (including phenoxy) is 1. The van der Waals surface area contributed by atoms with E-state index in [-0.39, 0.29) is 11.9 Å². The monoisotopic (exact) mass is 331 g/mol. The zero-order chi connectivity index (χ0) is 16.9. The quantitative estimate of drug-likeness (QED) is 0.897. The molecule has 1 N–H and O–H groups in total. The number of rotatable bonds is 5. The Morgan fingerprint density at radius 2 is 2.12 bits per heavy atom. The van der Waals surface area contributed by atoms with Crippen LogP contribution < -0.4 is 10.1 Å². The van der Waals surface area contributed by atoms with Crippen LogP contribution in [0.15, 0.2) is 24.3 Å². The highest BCUT2D eigenvalue weighted by Gasteiger charge is 2.34. The van der Waals surface area contributed by atoms with Crippen LogP contribution in [-0.4, -0.2) is 61.6 Å². The molecule has 3 rings (SSSR count). The summed E-state index contributed by atoms with van der Waals surface area (Å²) in [5, 5.41) is 3.54. The zero-order valence-corrected chi connectivity index (χ0v) is 14.8. The minimum atomic E-state index is -0.200. The van der Waals surface area contributed by atoms with Gasteiger partial charge in [0, 0.05) is 38.8 Å². The van der Waals surface area contributed by atoms with Crippen LogP contribution in [0.25, 0.3) is 0 Å². The lowest BCUT2D eigenvalue weighted by Gasteiger charge is -2.39. The summed E-state index contributed by atoms with van der Waals surface area (Å²) in [5.41, 5.74) is 1.04. The number of hydrogen-bond donors (Lipinski definition) is 1. The molecule has 2 aliphatic heterocycles. The summed E-state index contributed by atoms with van der Waals surface area (Å²) in [6.07, 6.45) is 3.32. The molecule has 0 bridgehead atoms. The Morgan fingerprint density at radius 1 is 1.33 bits per heavy atom. The second-order valence-corrected chi connectivity index (χ2v) is 6.77. The minimum Gasteiger partial charge on any atom is -0.497 e. The van der Waals surface area contributed by atoms with Crippen molar-refractivity contribution >= 4 is 5.91 Å². The van der Waals surface area contributed by atoms with Crippen LogP contribution >= 0.6 is 0 Å². The molecule has 5 nitrogen and oxygen atoms in total. The Morgan fingerprint density at radius 3 is 2.83 bits per heavy atom. The molecule has 2 unspecified atom stereocenters. The molecule has 2 fully saturated rings. The molecule has 0 radical (unpaired) electrons. The summed E-state index contributed by atoms with van der Waals surface area (Å²) >= 11 is 0. The Kier molecular flexibility index (Phi) is 5.74. The predicted octanol–water partition coefficient (Wildman–Crippen LogP) is 2.04. The summed E-state index contributed by atoms with van der Waals surface area (Å²) in [4.78, 5) is 17.6. The molecule has 1 amide bonds. The predicted molar refractivity (Wildman–Crippen MR) is 95.2 cm³/mol. The summed E-state index contributed by atoms with van der Waals surface area (Å²) in [5.74, 6) is 1.06. The maximum absolute atomic E-state index is 13.3. The number of piperazine rings is 1. The van der Waals surface area contributed by atoms with Gasteiger partial charge in [-0.1, -0.05) is 19.1 Å². The van der Waals surface area contributed by atoms with Crippen molar-refractivity contribution in [3.05, 3.63) is 29.8 Å². The summed E-state index contributed by atoms with van der Waals surface area (Å²) in [6.45, 7) is 6.73. The first-order chi connectivity index (χ1) is 11.7. The van der Waals surface area contributed by atoms with Crippen LogP contribution in [0, 0.1) is 0 Å². The molecule has 24 heavy (non-hydrogen) atoms. The van der Waals surface area contributed by atoms with Crippen LogP contribution in [-0.2, 0) is 4.79 Å². The van der Waals surface area contributed by atoms with Crippen LogP contribution in [0.2, 0.25) is 0 Å². The molecule has 2 heterocycles. The maximum atomic E-state index is 13.3. The van der Waals surface area contributed by atoms with Gasteiger partial charge in [0.05, 0.1) is 7.11 Å². The standard InChI is InChI=1S/C19H29N3O2/c1-3-16-14-22(12-9-20-16)18(19(23)21-10-4-5-11-21)15-7-6-8-17(13-15)24-2/h6-8,13,16,18,20H,3-5,9-12,14H2,1-2H3. The third-order valence-electron chi connectivity index (χ3n) is 5.21. The number of carbonyl (C=O) groups is 1. The Labute approximate surface area is 145 Å². The van der Waals surface area contributed by atoms with Crippen LogP contribution in [0.1, 0.15) is 37.8 Å². The van der Waals surface area contributed by atoms with Gasteiger partial charge in [-0.25, -0.2) is 0 Å². The summed E-state index contributed by atoms with van der Waals surface area (Å²) < 4.78 is 5.38.